The number of ether oxygens (including phenoxy) is 1. The zero-order valence-corrected chi connectivity index (χ0v) is 18.1. The minimum absolute atomic E-state index is 0.189. The predicted octanol–water partition coefficient (Wildman–Crippen LogP) is 4.10. The first kappa shape index (κ1) is 20.5. The Morgan fingerprint density at radius 3 is 2.22 bits per heavy atom. The number of nitrogens with zero attached hydrogens (tertiary/aromatic N) is 4. The molecule has 0 bridgehead atoms. The van der Waals surface area contributed by atoms with Crippen molar-refractivity contribution in [2.24, 2.45) is 0 Å². The minimum atomic E-state index is -0.242. The Labute approximate surface area is 189 Å². The van der Waals surface area contributed by atoms with Crippen molar-refractivity contribution in [3.05, 3.63) is 95.8 Å². The molecule has 1 aromatic heterocycles. The van der Waals surface area contributed by atoms with Crippen LogP contribution in [0.5, 0.6) is 0 Å². The molecule has 6 heteroatoms. The highest BCUT2D eigenvalue weighted by Gasteiger charge is 2.32. The van der Waals surface area contributed by atoms with Crippen molar-refractivity contribution >= 4 is 11.8 Å². The lowest BCUT2D eigenvalue weighted by atomic mass is 10.1. The third-order valence-corrected chi connectivity index (χ3v) is 6.26. The number of benzene rings is 2. The Hall–Kier alpha value is -3.38. The number of carbonyl (C=O) groups is 1. The molecule has 164 valence electrons. The van der Waals surface area contributed by atoms with Crippen molar-refractivity contribution in [2.45, 2.75) is 19.2 Å². The number of amides is 1. The third-order valence-electron chi connectivity index (χ3n) is 6.26. The van der Waals surface area contributed by atoms with E-state index < -0.39 is 0 Å². The lowest BCUT2D eigenvalue weighted by Crippen LogP contribution is -2.45. The van der Waals surface area contributed by atoms with E-state index in [2.05, 4.69) is 51.2 Å². The quantitative estimate of drug-likeness (QED) is 0.592. The SMILES string of the molecule is O=C1OC(c2ccccc2)CN1Cc1ccc(N2CCN(Cc3ccncc3)CC2)cc1. The van der Waals surface area contributed by atoms with Gasteiger partial charge in [-0.3, -0.25) is 14.8 Å². The smallest absolute Gasteiger partial charge is 0.410 e. The maximum Gasteiger partial charge on any atom is 0.410 e. The van der Waals surface area contributed by atoms with Gasteiger partial charge >= 0.3 is 6.09 Å². The van der Waals surface area contributed by atoms with E-state index >= 15 is 0 Å². The minimum Gasteiger partial charge on any atom is -0.439 e. The summed E-state index contributed by atoms with van der Waals surface area (Å²) >= 11 is 0. The van der Waals surface area contributed by atoms with Gasteiger partial charge in [-0.05, 0) is 41.0 Å². The van der Waals surface area contributed by atoms with E-state index in [9.17, 15) is 4.79 Å². The van der Waals surface area contributed by atoms with Gasteiger partial charge in [-0.15, -0.1) is 0 Å². The van der Waals surface area contributed by atoms with Gasteiger partial charge in [0.25, 0.3) is 0 Å². The molecule has 3 aromatic rings. The van der Waals surface area contributed by atoms with Gasteiger partial charge in [-0.1, -0.05) is 42.5 Å². The molecule has 0 N–H and O–H groups in total. The number of hydrogen-bond acceptors (Lipinski definition) is 5. The van der Waals surface area contributed by atoms with Gasteiger partial charge < -0.3 is 9.64 Å². The summed E-state index contributed by atoms with van der Waals surface area (Å²) in [5, 5.41) is 0. The Balaban J connectivity index is 1.14. The highest BCUT2D eigenvalue weighted by atomic mass is 16.6. The summed E-state index contributed by atoms with van der Waals surface area (Å²) in [4.78, 5) is 23.1. The summed E-state index contributed by atoms with van der Waals surface area (Å²) in [6.07, 6.45) is 3.29. The second-order valence-corrected chi connectivity index (χ2v) is 8.45. The lowest BCUT2D eigenvalue weighted by Gasteiger charge is -2.36. The lowest BCUT2D eigenvalue weighted by molar-refractivity contribution is 0.132. The standard InChI is InChI=1S/C26H28N4O2/c31-26-30(20-25(32-26)23-4-2-1-3-5-23)19-21-6-8-24(9-7-21)29-16-14-28(15-17-29)18-22-10-12-27-13-11-22/h1-13,25H,14-20H2. The van der Waals surface area contributed by atoms with Crippen LogP contribution in [-0.4, -0.2) is 53.6 Å². The van der Waals surface area contributed by atoms with E-state index in [1.54, 1.807) is 4.90 Å². The van der Waals surface area contributed by atoms with Gasteiger partial charge in [0.05, 0.1) is 6.54 Å². The molecule has 2 aromatic carbocycles. The van der Waals surface area contributed by atoms with Gasteiger partial charge in [0, 0.05) is 57.3 Å². The topological polar surface area (TPSA) is 48.9 Å². The van der Waals surface area contributed by atoms with Crippen LogP contribution < -0.4 is 4.90 Å². The van der Waals surface area contributed by atoms with E-state index in [1.165, 1.54) is 11.3 Å². The van der Waals surface area contributed by atoms with Crippen LogP contribution >= 0.6 is 0 Å². The van der Waals surface area contributed by atoms with E-state index in [0.29, 0.717) is 13.1 Å². The van der Waals surface area contributed by atoms with Crippen molar-refractivity contribution in [1.82, 2.24) is 14.8 Å². The summed E-state index contributed by atoms with van der Waals surface area (Å²) in [5.74, 6) is 0. The molecule has 2 aliphatic rings. The molecule has 3 heterocycles. The normalized spacial score (nSPS) is 19.2. The summed E-state index contributed by atoms with van der Waals surface area (Å²) < 4.78 is 5.57. The number of hydrogen-bond donors (Lipinski definition) is 0. The third kappa shape index (κ3) is 4.75. The Kier molecular flexibility index (Phi) is 6.03. The number of piperazine rings is 1. The number of aromatic nitrogens is 1. The molecule has 1 amide bonds. The molecule has 0 spiro atoms. The average Bonchev–Trinajstić information content (AvgIpc) is 3.21. The molecule has 0 saturated carbocycles. The van der Waals surface area contributed by atoms with Crippen LogP contribution in [0.4, 0.5) is 10.5 Å². The first-order chi connectivity index (χ1) is 15.7. The largest absolute Gasteiger partial charge is 0.439 e. The fraction of sp³-hybridized carbons (Fsp3) is 0.308. The van der Waals surface area contributed by atoms with Gasteiger partial charge in [0.15, 0.2) is 0 Å². The number of rotatable bonds is 6. The molecule has 2 saturated heterocycles. The number of cyclic esters (lactones) is 1. The molecule has 6 nitrogen and oxygen atoms in total. The molecule has 1 atom stereocenters. The first-order valence-electron chi connectivity index (χ1n) is 11.2. The van der Waals surface area contributed by atoms with Crippen molar-refractivity contribution in [3.63, 3.8) is 0 Å². The van der Waals surface area contributed by atoms with Crippen molar-refractivity contribution < 1.29 is 9.53 Å². The maximum absolute atomic E-state index is 12.3. The van der Waals surface area contributed by atoms with Gasteiger partial charge in [0.1, 0.15) is 6.10 Å². The fourth-order valence-electron chi connectivity index (χ4n) is 4.42. The summed E-state index contributed by atoms with van der Waals surface area (Å²) in [7, 11) is 0. The van der Waals surface area contributed by atoms with Crippen LogP contribution in [0.25, 0.3) is 0 Å². The molecule has 0 radical (unpaired) electrons. The van der Waals surface area contributed by atoms with Crippen LogP contribution in [0.1, 0.15) is 22.8 Å². The van der Waals surface area contributed by atoms with E-state index in [1.807, 2.05) is 42.7 Å². The Bertz CT molecular complexity index is 1020. The summed E-state index contributed by atoms with van der Waals surface area (Å²) in [6, 6.07) is 22.7. The highest BCUT2D eigenvalue weighted by molar-refractivity contribution is 5.70. The summed E-state index contributed by atoms with van der Waals surface area (Å²) in [6.45, 7) is 6.26. The summed E-state index contributed by atoms with van der Waals surface area (Å²) in [5.41, 5.74) is 4.72. The van der Waals surface area contributed by atoms with Crippen molar-refractivity contribution in [2.75, 3.05) is 37.6 Å². The number of carbonyl (C=O) groups excluding carboxylic acids is 1. The van der Waals surface area contributed by atoms with Gasteiger partial charge in [-0.2, -0.15) is 0 Å². The molecule has 5 rings (SSSR count). The average molecular weight is 429 g/mol. The highest BCUT2D eigenvalue weighted by Crippen LogP contribution is 2.27. The first-order valence-corrected chi connectivity index (χ1v) is 11.2. The molecule has 0 aliphatic carbocycles. The maximum atomic E-state index is 12.3. The zero-order valence-electron chi connectivity index (χ0n) is 18.1. The van der Waals surface area contributed by atoms with Crippen LogP contribution in [0.15, 0.2) is 79.1 Å². The number of anilines is 1. The van der Waals surface area contributed by atoms with E-state index in [0.717, 1.165) is 43.9 Å². The predicted molar refractivity (Wildman–Crippen MR) is 124 cm³/mol. The van der Waals surface area contributed by atoms with Gasteiger partial charge in [0.2, 0.25) is 0 Å². The van der Waals surface area contributed by atoms with E-state index in [-0.39, 0.29) is 12.2 Å². The Morgan fingerprint density at radius 2 is 1.50 bits per heavy atom. The van der Waals surface area contributed by atoms with Gasteiger partial charge in [-0.25, -0.2) is 4.79 Å². The molecule has 1 unspecified atom stereocenters. The Morgan fingerprint density at radius 1 is 0.812 bits per heavy atom. The molecule has 32 heavy (non-hydrogen) atoms. The fourth-order valence-corrected chi connectivity index (χ4v) is 4.42. The zero-order chi connectivity index (χ0) is 21.8. The van der Waals surface area contributed by atoms with Crippen LogP contribution in [0.2, 0.25) is 0 Å². The van der Waals surface area contributed by atoms with Crippen LogP contribution in [0.3, 0.4) is 0 Å². The number of pyridine rings is 1. The molecule has 2 fully saturated rings. The van der Waals surface area contributed by atoms with Crippen LogP contribution in [-0.2, 0) is 17.8 Å². The monoisotopic (exact) mass is 428 g/mol. The van der Waals surface area contributed by atoms with E-state index in [4.69, 9.17) is 4.74 Å². The second kappa shape index (κ2) is 9.40. The molecular weight excluding hydrogens is 400 g/mol. The van der Waals surface area contributed by atoms with Crippen molar-refractivity contribution in [3.8, 4) is 0 Å². The second-order valence-electron chi connectivity index (χ2n) is 8.45. The van der Waals surface area contributed by atoms with Crippen LogP contribution in [0, 0.1) is 0 Å². The van der Waals surface area contributed by atoms with Crippen molar-refractivity contribution in [1.29, 1.82) is 0 Å². The molecule has 2 aliphatic heterocycles. The molecular formula is C26H28N4O2.